The van der Waals surface area contributed by atoms with Crippen LogP contribution in [0.5, 0.6) is 0 Å². The van der Waals surface area contributed by atoms with E-state index in [0.717, 1.165) is 41.0 Å². The molecule has 0 amide bonds. The summed E-state index contributed by atoms with van der Waals surface area (Å²) in [5.74, 6) is 3.04. The van der Waals surface area contributed by atoms with E-state index in [1.807, 2.05) is 19.2 Å². The Morgan fingerprint density at radius 2 is 2.06 bits per heavy atom. The summed E-state index contributed by atoms with van der Waals surface area (Å²) >= 11 is 1.76. The van der Waals surface area contributed by atoms with E-state index in [4.69, 9.17) is 0 Å². The molecule has 1 aromatic rings. The van der Waals surface area contributed by atoms with Crippen LogP contribution >= 0.6 is 11.8 Å². The molecule has 0 spiro atoms. The number of nitrogens with one attached hydrogen (secondary N) is 1. The summed E-state index contributed by atoms with van der Waals surface area (Å²) in [6, 6.07) is 2.75. The van der Waals surface area contributed by atoms with Crippen molar-refractivity contribution in [3.05, 3.63) is 18.0 Å². The van der Waals surface area contributed by atoms with Crippen LogP contribution in [0.25, 0.3) is 0 Å². The summed E-state index contributed by atoms with van der Waals surface area (Å²) in [7, 11) is 0. The van der Waals surface area contributed by atoms with Crippen LogP contribution in [0.2, 0.25) is 0 Å². The number of thioether (sulfide) groups is 1. The minimum absolute atomic E-state index is 0.809. The molecule has 0 unspecified atom stereocenters. The highest BCUT2D eigenvalue weighted by atomic mass is 32.2. The average Bonchev–Trinajstić information content (AvgIpc) is 3.23. The summed E-state index contributed by atoms with van der Waals surface area (Å²) < 4.78 is 0. The highest BCUT2D eigenvalue weighted by molar-refractivity contribution is 7.99. The minimum Gasteiger partial charge on any atom is -0.313 e. The molecule has 1 heterocycles. The number of aromatic nitrogens is 2. The van der Waals surface area contributed by atoms with Gasteiger partial charge in [0.05, 0.1) is 0 Å². The first-order valence-corrected chi connectivity index (χ1v) is 7.97. The van der Waals surface area contributed by atoms with E-state index in [2.05, 4.69) is 15.3 Å². The maximum Gasteiger partial charge on any atom is 0.187 e. The standard InChI is InChI=1S/C14H21N3S/c1-10-6-7-16-14(17-10)18-9-8-15-13(11-2-3-11)12-4-5-12/h6-7,11-13,15H,2-5,8-9H2,1H3. The van der Waals surface area contributed by atoms with Crippen molar-refractivity contribution in [3.8, 4) is 0 Å². The molecule has 3 nitrogen and oxygen atoms in total. The highest BCUT2D eigenvalue weighted by Crippen LogP contribution is 2.44. The van der Waals surface area contributed by atoms with Gasteiger partial charge in [-0.1, -0.05) is 11.8 Å². The quantitative estimate of drug-likeness (QED) is 0.466. The SMILES string of the molecule is Cc1ccnc(SCCNC(C2CC2)C2CC2)n1. The molecule has 98 valence electrons. The van der Waals surface area contributed by atoms with Gasteiger partial charge in [0, 0.05) is 30.2 Å². The monoisotopic (exact) mass is 263 g/mol. The lowest BCUT2D eigenvalue weighted by atomic mass is 10.1. The third-order valence-corrected chi connectivity index (χ3v) is 4.61. The fourth-order valence-electron chi connectivity index (χ4n) is 2.49. The fraction of sp³-hybridized carbons (Fsp3) is 0.714. The lowest BCUT2D eigenvalue weighted by molar-refractivity contribution is 0.429. The van der Waals surface area contributed by atoms with Crippen LogP contribution in [0.4, 0.5) is 0 Å². The molecule has 0 bridgehead atoms. The molecule has 0 radical (unpaired) electrons. The zero-order valence-electron chi connectivity index (χ0n) is 10.9. The molecular formula is C14H21N3S. The Balaban J connectivity index is 1.39. The second kappa shape index (κ2) is 5.57. The van der Waals surface area contributed by atoms with Gasteiger partial charge < -0.3 is 5.32 Å². The van der Waals surface area contributed by atoms with Crippen molar-refractivity contribution in [2.24, 2.45) is 11.8 Å². The zero-order chi connectivity index (χ0) is 12.4. The topological polar surface area (TPSA) is 37.8 Å². The first-order valence-electron chi connectivity index (χ1n) is 6.99. The van der Waals surface area contributed by atoms with Gasteiger partial charge in [-0.25, -0.2) is 9.97 Å². The predicted molar refractivity (Wildman–Crippen MR) is 74.7 cm³/mol. The summed E-state index contributed by atoms with van der Waals surface area (Å²) in [6.45, 7) is 3.10. The third-order valence-electron chi connectivity index (χ3n) is 3.75. The third kappa shape index (κ3) is 3.45. The van der Waals surface area contributed by atoms with Crippen LogP contribution in [0.15, 0.2) is 17.4 Å². The van der Waals surface area contributed by atoms with Crippen LogP contribution in [-0.2, 0) is 0 Å². The molecule has 2 fully saturated rings. The predicted octanol–water partition coefficient (Wildman–Crippen LogP) is 2.66. The Labute approximate surface area is 113 Å². The van der Waals surface area contributed by atoms with Gasteiger partial charge in [0.15, 0.2) is 5.16 Å². The molecule has 2 aliphatic carbocycles. The Morgan fingerprint density at radius 3 is 2.67 bits per heavy atom. The van der Waals surface area contributed by atoms with Crippen LogP contribution in [0.3, 0.4) is 0 Å². The first-order chi connectivity index (χ1) is 8.83. The molecular weight excluding hydrogens is 242 g/mol. The van der Waals surface area contributed by atoms with E-state index in [-0.39, 0.29) is 0 Å². The van der Waals surface area contributed by atoms with E-state index >= 15 is 0 Å². The summed E-state index contributed by atoms with van der Waals surface area (Å²) in [5, 5.41) is 4.66. The zero-order valence-corrected chi connectivity index (χ0v) is 11.7. The van der Waals surface area contributed by atoms with E-state index in [0.29, 0.717) is 0 Å². The summed E-state index contributed by atoms with van der Waals surface area (Å²) in [4.78, 5) is 8.68. The van der Waals surface area contributed by atoms with Gasteiger partial charge in [0.1, 0.15) is 0 Å². The fourth-order valence-corrected chi connectivity index (χ4v) is 3.24. The van der Waals surface area contributed by atoms with Gasteiger partial charge in [-0.15, -0.1) is 0 Å². The van der Waals surface area contributed by atoms with Crippen molar-refractivity contribution >= 4 is 11.8 Å². The molecule has 0 saturated heterocycles. The van der Waals surface area contributed by atoms with Crippen molar-refractivity contribution in [1.29, 1.82) is 0 Å². The Kier molecular flexibility index (Phi) is 3.85. The average molecular weight is 263 g/mol. The molecule has 3 rings (SSSR count). The van der Waals surface area contributed by atoms with Crippen LogP contribution < -0.4 is 5.32 Å². The second-order valence-corrected chi connectivity index (χ2v) is 6.55. The van der Waals surface area contributed by atoms with Gasteiger partial charge in [0.25, 0.3) is 0 Å². The van der Waals surface area contributed by atoms with E-state index in [1.54, 1.807) is 11.8 Å². The van der Waals surface area contributed by atoms with Crippen molar-refractivity contribution < 1.29 is 0 Å². The van der Waals surface area contributed by atoms with Crippen LogP contribution in [-0.4, -0.2) is 28.3 Å². The van der Waals surface area contributed by atoms with Crippen molar-refractivity contribution in [2.45, 2.75) is 43.8 Å². The Bertz CT molecular complexity index is 390. The van der Waals surface area contributed by atoms with Crippen molar-refractivity contribution in [2.75, 3.05) is 12.3 Å². The molecule has 4 heteroatoms. The van der Waals surface area contributed by atoms with Gasteiger partial charge in [-0.2, -0.15) is 0 Å². The van der Waals surface area contributed by atoms with Crippen LogP contribution in [0.1, 0.15) is 31.4 Å². The molecule has 0 aromatic carbocycles. The first kappa shape index (κ1) is 12.4. The number of nitrogens with zero attached hydrogens (tertiary/aromatic N) is 2. The van der Waals surface area contributed by atoms with Gasteiger partial charge >= 0.3 is 0 Å². The second-order valence-electron chi connectivity index (χ2n) is 5.48. The Morgan fingerprint density at radius 1 is 1.33 bits per heavy atom. The number of hydrogen-bond donors (Lipinski definition) is 1. The Hall–Kier alpha value is -0.610. The molecule has 0 atom stereocenters. The normalized spacial score (nSPS) is 19.4. The largest absolute Gasteiger partial charge is 0.313 e. The molecule has 2 saturated carbocycles. The lowest BCUT2D eigenvalue weighted by Gasteiger charge is -2.17. The van der Waals surface area contributed by atoms with Crippen molar-refractivity contribution in [3.63, 3.8) is 0 Å². The smallest absolute Gasteiger partial charge is 0.187 e. The lowest BCUT2D eigenvalue weighted by Crippen LogP contribution is -2.34. The van der Waals surface area contributed by atoms with E-state index in [9.17, 15) is 0 Å². The minimum atomic E-state index is 0.809. The van der Waals surface area contributed by atoms with Crippen LogP contribution in [0, 0.1) is 18.8 Å². The summed E-state index contributed by atoms with van der Waals surface area (Å²) in [5.41, 5.74) is 1.05. The number of aryl methyl sites for hydroxylation is 1. The van der Waals surface area contributed by atoms with Gasteiger partial charge in [-0.05, 0) is 50.5 Å². The van der Waals surface area contributed by atoms with Gasteiger partial charge in [-0.3, -0.25) is 0 Å². The van der Waals surface area contributed by atoms with Crippen molar-refractivity contribution in [1.82, 2.24) is 15.3 Å². The number of hydrogen-bond acceptors (Lipinski definition) is 4. The molecule has 2 aliphatic rings. The maximum absolute atomic E-state index is 4.41. The van der Waals surface area contributed by atoms with E-state index in [1.165, 1.54) is 25.7 Å². The van der Waals surface area contributed by atoms with Gasteiger partial charge in [0.2, 0.25) is 0 Å². The molecule has 1 aromatic heterocycles. The number of rotatable bonds is 7. The molecule has 18 heavy (non-hydrogen) atoms. The van der Waals surface area contributed by atoms with E-state index < -0.39 is 0 Å². The highest BCUT2D eigenvalue weighted by Gasteiger charge is 2.40. The molecule has 1 N–H and O–H groups in total. The molecule has 0 aliphatic heterocycles. The summed E-state index contributed by atoms with van der Waals surface area (Å²) in [6.07, 6.45) is 7.63. The maximum atomic E-state index is 4.41.